The first-order valence-corrected chi connectivity index (χ1v) is 8.32. The largest absolute Gasteiger partial charge is 0.375 e. The Kier molecular flexibility index (Phi) is 4.34. The van der Waals surface area contributed by atoms with Gasteiger partial charge in [-0.05, 0) is 32.0 Å². The molecule has 1 aliphatic heterocycles. The van der Waals surface area contributed by atoms with Crippen molar-refractivity contribution in [3.63, 3.8) is 0 Å². The van der Waals surface area contributed by atoms with Crippen molar-refractivity contribution < 1.29 is 0 Å². The SMILES string of the molecule is N#Cc1sc(N)nc1-c1cc(SC2CCNCC2)ncn1. The number of nitrogens with zero attached hydrogens (tertiary/aromatic N) is 4. The smallest absolute Gasteiger partial charge is 0.181 e. The number of nitrogens with one attached hydrogen (secondary N) is 1. The zero-order valence-electron chi connectivity index (χ0n) is 11.2. The van der Waals surface area contributed by atoms with Gasteiger partial charge in [-0.25, -0.2) is 15.0 Å². The van der Waals surface area contributed by atoms with E-state index in [4.69, 9.17) is 11.0 Å². The molecule has 8 heteroatoms. The molecule has 6 nitrogen and oxygen atoms in total. The lowest BCUT2D eigenvalue weighted by Gasteiger charge is -2.21. The van der Waals surface area contributed by atoms with E-state index in [-0.39, 0.29) is 0 Å². The molecule has 0 unspecified atom stereocenters. The highest BCUT2D eigenvalue weighted by atomic mass is 32.2. The number of anilines is 1. The summed E-state index contributed by atoms with van der Waals surface area (Å²) in [6, 6.07) is 4.01. The quantitative estimate of drug-likeness (QED) is 0.833. The van der Waals surface area contributed by atoms with Crippen LogP contribution in [0.5, 0.6) is 0 Å². The topological polar surface area (TPSA) is 101 Å². The summed E-state index contributed by atoms with van der Waals surface area (Å²) in [5.74, 6) is 0. The van der Waals surface area contributed by atoms with Crippen LogP contribution in [0.1, 0.15) is 17.7 Å². The Morgan fingerprint density at radius 3 is 2.95 bits per heavy atom. The molecule has 1 saturated heterocycles. The van der Waals surface area contributed by atoms with Gasteiger partial charge in [0.15, 0.2) is 5.13 Å². The summed E-state index contributed by atoms with van der Waals surface area (Å²) in [5.41, 5.74) is 6.89. The lowest BCUT2D eigenvalue weighted by atomic mass is 10.2. The lowest BCUT2D eigenvalue weighted by Crippen LogP contribution is -2.29. The van der Waals surface area contributed by atoms with Crippen LogP contribution >= 0.6 is 23.1 Å². The van der Waals surface area contributed by atoms with Crippen LogP contribution in [0.15, 0.2) is 17.4 Å². The van der Waals surface area contributed by atoms with Crippen molar-refractivity contribution >= 4 is 28.2 Å². The average molecular weight is 318 g/mol. The fourth-order valence-electron chi connectivity index (χ4n) is 2.20. The van der Waals surface area contributed by atoms with Gasteiger partial charge >= 0.3 is 0 Å². The van der Waals surface area contributed by atoms with Gasteiger partial charge in [-0.3, -0.25) is 0 Å². The number of hydrogen-bond acceptors (Lipinski definition) is 8. The molecule has 0 spiro atoms. The van der Waals surface area contributed by atoms with E-state index < -0.39 is 0 Å². The number of nitriles is 1. The Bertz CT molecular complexity index is 672. The van der Waals surface area contributed by atoms with Crippen LogP contribution in [0, 0.1) is 11.3 Å². The van der Waals surface area contributed by atoms with Gasteiger partial charge in [-0.15, -0.1) is 11.8 Å². The second kappa shape index (κ2) is 6.39. The number of aromatic nitrogens is 3. The van der Waals surface area contributed by atoms with Gasteiger partial charge in [-0.1, -0.05) is 11.3 Å². The van der Waals surface area contributed by atoms with Crippen LogP contribution in [0.2, 0.25) is 0 Å². The second-order valence-corrected chi connectivity index (χ2v) is 7.00. The van der Waals surface area contributed by atoms with E-state index in [0.29, 0.717) is 26.6 Å². The van der Waals surface area contributed by atoms with Crippen LogP contribution in [0.3, 0.4) is 0 Å². The molecule has 108 valence electrons. The summed E-state index contributed by atoms with van der Waals surface area (Å²) in [6.07, 6.45) is 3.80. The van der Waals surface area contributed by atoms with Crippen molar-refractivity contribution in [1.29, 1.82) is 5.26 Å². The Labute approximate surface area is 130 Å². The van der Waals surface area contributed by atoms with Gasteiger partial charge in [-0.2, -0.15) is 5.26 Å². The van der Waals surface area contributed by atoms with Gasteiger partial charge < -0.3 is 11.1 Å². The molecule has 3 heterocycles. The normalized spacial score (nSPS) is 15.8. The highest BCUT2D eigenvalue weighted by Gasteiger charge is 2.17. The number of piperidine rings is 1. The molecule has 0 aliphatic carbocycles. The van der Waals surface area contributed by atoms with Gasteiger partial charge in [0.1, 0.15) is 28.0 Å². The van der Waals surface area contributed by atoms with E-state index in [2.05, 4.69) is 26.3 Å². The van der Waals surface area contributed by atoms with Crippen molar-refractivity contribution in [2.24, 2.45) is 0 Å². The third-order valence-corrected chi connectivity index (χ3v) is 5.26. The fourth-order valence-corrected chi connectivity index (χ4v) is 3.94. The van der Waals surface area contributed by atoms with E-state index in [1.807, 2.05) is 6.07 Å². The number of thioether (sulfide) groups is 1. The first-order valence-electron chi connectivity index (χ1n) is 6.62. The van der Waals surface area contributed by atoms with Crippen LogP contribution in [0.4, 0.5) is 5.13 Å². The van der Waals surface area contributed by atoms with Gasteiger partial charge in [0.25, 0.3) is 0 Å². The monoisotopic (exact) mass is 318 g/mol. The summed E-state index contributed by atoms with van der Waals surface area (Å²) >= 11 is 2.94. The maximum atomic E-state index is 9.13. The van der Waals surface area contributed by atoms with Crippen LogP contribution < -0.4 is 11.1 Å². The molecule has 1 fully saturated rings. The molecule has 3 rings (SSSR count). The number of rotatable bonds is 3. The number of thiazole rings is 1. The molecular weight excluding hydrogens is 304 g/mol. The van der Waals surface area contributed by atoms with Crippen molar-refractivity contribution in [3.05, 3.63) is 17.3 Å². The summed E-state index contributed by atoms with van der Waals surface area (Å²) in [5, 5.41) is 14.4. The van der Waals surface area contributed by atoms with Crippen molar-refractivity contribution in [3.8, 4) is 17.5 Å². The standard InChI is InChI=1S/C13H14N6S2/c14-6-10-12(19-13(15)21-10)9-5-11(18-7-17-9)20-8-1-3-16-4-2-8/h5,7-8,16H,1-4H2,(H2,15,19). The average Bonchev–Trinajstić information content (AvgIpc) is 2.90. The molecule has 0 atom stereocenters. The van der Waals surface area contributed by atoms with Gasteiger partial charge in [0.2, 0.25) is 0 Å². The number of nitrogen functional groups attached to an aromatic ring is 1. The third kappa shape index (κ3) is 3.32. The Morgan fingerprint density at radius 1 is 1.38 bits per heavy atom. The Morgan fingerprint density at radius 2 is 2.19 bits per heavy atom. The zero-order valence-corrected chi connectivity index (χ0v) is 12.9. The van der Waals surface area contributed by atoms with Crippen molar-refractivity contribution in [1.82, 2.24) is 20.3 Å². The van der Waals surface area contributed by atoms with Crippen LogP contribution in [-0.2, 0) is 0 Å². The van der Waals surface area contributed by atoms with Gasteiger partial charge in [0, 0.05) is 5.25 Å². The summed E-state index contributed by atoms with van der Waals surface area (Å²) in [7, 11) is 0. The van der Waals surface area contributed by atoms with Gasteiger partial charge in [0.05, 0.1) is 5.69 Å². The predicted octanol–water partition coefficient (Wildman–Crippen LogP) is 1.90. The highest BCUT2D eigenvalue weighted by Crippen LogP contribution is 2.31. The first-order chi connectivity index (χ1) is 10.3. The molecule has 3 N–H and O–H groups in total. The van der Waals surface area contributed by atoms with Crippen molar-refractivity contribution in [2.45, 2.75) is 23.1 Å². The minimum Gasteiger partial charge on any atom is -0.375 e. The predicted molar refractivity (Wildman–Crippen MR) is 84.0 cm³/mol. The molecular formula is C13H14N6S2. The first kappa shape index (κ1) is 14.3. The summed E-state index contributed by atoms with van der Waals surface area (Å²) < 4.78 is 0. The molecule has 1 aliphatic rings. The Balaban J connectivity index is 1.84. The number of hydrogen-bond donors (Lipinski definition) is 2. The number of nitrogens with two attached hydrogens (primary N) is 1. The van der Waals surface area contributed by atoms with Crippen LogP contribution in [0.25, 0.3) is 11.4 Å². The Hall–Kier alpha value is -1.69. The molecule has 0 saturated carbocycles. The molecule has 0 aromatic carbocycles. The van der Waals surface area contributed by atoms with E-state index in [9.17, 15) is 0 Å². The van der Waals surface area contributed by atoms with E-state index >= 15 is 0 Å². The highest BCUT2D eigenvalue weighted by molar-refractivity contribution is 7.99. The van der Waals surface area contributed by atoms with E-state index in [1.54, 1.807) is 11.8 Å². The molecule has 2 aromatic rings. The van der Waals surface area contributed by atoms with Crippen molar-refractivity contribution in [2.75, 3.05) is 18.8 Å². The van der Waals surface area contributed by atoms with E-state index in [1.165, 1.54) is 17.7 Å². The summed E-state index contributed by atoms with van der Waals surface area (Å²) in [6.45, 7) is 2.10. The summed E-state index contributed by atoms with van der Waals surface area (Å²) in [4.78, 5) is 13.2. The van der Waals surface area contributed by atoms with E-state index in [0.717, 1.165) is 31.0 Å². The molecule has 21 heavy (non-hydrogen) atoms. The second-order valence-electron chi connectivity index (χ2n) is 4.65. The molecule has 0 radical (unpaired) electrons. The molecule has 0 bridgehead atoms. The zero-order chi connectivity index (χ0) is 14.7. The van der Waals surface area contributed by atoms with Crippen LogP contribution in [-0.4, -0.2) is 33.3 Å². The third-order valence-electron chi connectivity index (χ3n) is 3.20. The minimum atomic E-state index is 0.382. The maximum absolute atomic E-state index is 9.13. The maximum Gasteiger partial charge on any atom is 0.181 e. The lowest BCUT2D eigenvalue weighted by molar-refractivity contribution is 0.531. The minimum absolute atomic E-state index is 0.382. The molecule has 0 amide bonds. The molecule has 2 aromatic heterocycles. The fraction of sp³-hybridized carbons (Fsp3) is 0.385.